The zero-order valence-electron chi connectivity index (χ0n) is 12.8. The fourth-order valence-corrected chi connectivity index (χ4v) is 2.95. The quantitative estimate of drug-likeness (QED) is 0.880. The Balaban J connectivity index is 1.72. The normalized spacial score (nSPS) is 16.9. The minimum absolute atomic E-state index is 0.189. The van der Waals surface area contributed by atoms with Crippen molar-refractivity contribution >= 4 is 21.8 Å². The van der Waals surface area contributed by atoms with E-state index in [-0.39, 0.29) is 5.91 Å². The first-order valence-electron chi connectivity index (χ1n) is 7.45. The van der Waals surface area contributed by atoms with Gasteiger partial charge >= 0.3 is 0 Å². The highest BCUT2D eigenvalue weighted by molar-refractivity contribution is 9.10. The Morgan fingerprint density at radius 3 is 2.62 bits per heavy atom. The highest BCUT2D eigenvalue weighted by Gasteiger charge is 2.21. The number of nitrogens with one attached hydrogen (secondary N) is 1. The molecule has 1 amide bonds. The Hall–Kier alpha value is -0.910. The number of rotatable bonds is 5. The lowest BCUT2D eigenvalue weighted by Gasteiger charge is -2.32. The van der Waals surface area contributed by atoms with E-state index in [4.69, 9.17) is 0 Å². The summed E-state index contributed by atoms with van der Waals surface area (Å²) in [6.45, 7) is 3.42. The summed E-state index contributed by atoms with van der Waals surface area (Å²) in [4.78, 5) is 15.6. The zero-order valence-corrected chi connectivity index (χ0v) is 14.4. The first-order chi connectivity index (χ1) is 10.1. The van der Waals surface area contributed by atoms with E-state index >= 15 is 0 Å². The van der Waals surface area contributed by atoms with Gasteiger partial charge < -0.3 is 10.2 Å². The van der Waals surface area contributed by atoms with Gasteiger partial charge in [-0.05, 0) is 24.5 Å². The first-order valence-corrected chi connectivity index (χ1v) is 8.25. The number of halogens is 1. The largest absolute Gasteiger partial charge is 0.348 e. The molecule has 0 radical (unpaired) electrons. The van der Waals surface area contributed by atoms with Crippen molar-refractivity contribution in [3.05, 3.63) is 34.3 Å². The van der Waals surface area contributed by atoms with Gasteiger partial charge in [0.25, 0.3) is 0 Å². The second-order valence-corrected chi connectivity index (χ2v) is 6.67. The average Bonchev–Trinajstić information content (AvgIpc) is 2.48. The van der Waals surface area contributed by atoms with Crippen LogP contribution in [0.2, 0.25) is 0 Å². The molecular formula is C16H24BrN3O. The molecule has 1 N–H and O–H groups in total. The van der Waals surface area contributed by atoms with E-state index in [0.717, 1.165) is 36.9 Å². The van der Waals surface area contributed by atoms with Crippen LogP contribution in [0.3, 0.4) is 0 Å². The molecule has 1 aliphatic heterocycles. The number of likely N-dealkylation sites (N-methyl/N-ethyl adjacent to an activating group) is 1. The smallest absolute Gasteiger partial charge is 0.236 e. The van der Waals surface area contributed by atoms with E-state index in [9.17, 15) is 4.79 Å². The van der Waals surface area contributed by atoms with Gasteiger partial charge in [-0.15, -0.1) is 0 Å². The van der Waals surface area contributed by atoms with Crippen LogP contribution in [0.15, 0.2) is 28.7 Å². The maximum Gasteiger partial charge on any atom is 0.236 e. The van der Waals surface area contributed by atoms with E-state index in [1.54, 1.807) is 4.90 Å². The Labute approximate surface area is 135 Å². The molecule has 0 saturated carbocycles. The highest BCUT2D eigenvalue weighted by atomic mass is 79.9. The van der Waals surface area contributed by atoms with E-state index in [0.29, 0.717) is 12.6 Å². The molecule has 0 atom stereocenters. The van der Waals surface area contributed by atoms with Crippen molar-refractivity contribution in [2.75, 3.05) is 33.7 Å². The molecule has 0 bridgehead atoms. The topological polar surface area (TPSA) is 35.6 Å². The number of likely N-dealkylation sites (tertiary alicyclic amines) is 1. The van der Waals surface area contributed by atoms with Crippen LogP contribution < -0.4 is 5.32 Å². The molecule has 2 rings (SSSR count). The van der Waals surface area contributed by atoms with Crippen LogP contribution in [0.1, 0.15) is 18.4 Å². The molecule has 0 unspecified atom stereocenters. The van der Waals surface area contributed by atoms with E-state index < -0.39 is 0 Å². The molecular weight excluding hydrogens is 330 g/mol. The van der Waals surface area contributed by atoms with E-state index in [2.05, 4.69) is 44.3 Å². The number of carbonyl (C=O) groups is 1. The van der Waals surface area contributed by atoms with Crippen molar-refractivity contribution in [2.24, 2.45) is 0 Å². The van der Waals surface area contributed by atoms with Crippen molar-refractivity contribution in [1.29, 1.82) is 0 Å². The van der Waals surface area contributed by atoms with Crippen LogP contribution in [0, 0.1) is 0 Å². The van der Waals surface area contributed by atoms with Gasteiger partial charge in [0, 0.05) is 44.2 Å². The number of carbonyl (C=O) groups excluding carboxylic acids is 1. The van der Waals surface area contributed by atoms with Crippen LogP contribution in [-0.4, -0.2) is 55.5 Å². The summed E-state index contributed by atoms with van der Waals surface area (Å²) in [5.74, 6) is 0.189. The van der Waals surface area contributed by atoms with Gasteiger partial charge in [0.15, 0.2) is 0 Å². The molecule has 4 nitrogen and oxygen atoms in total. The summed E-state index contributed by atoms with van der Waals surface area (Å²) < 4.78 is 1.16. The maximum atomic E-state index is 11.7. The van der Waals surface area contributed by atoms with Crippen LogP contribution in [-0.2, 0) is 11.3 Å². The number of piperidine rings is 1. The molecule has 0 aliphatic carbocycles. The lowest BCUT2D eigenvalue weighted by atomic mass is 10.0. The van der Waals surface area contributed by atoms with E-state index in [1.165, 1.54) is 5.56 Å². The lowest BCUT2D eigenvalue weighted by Crippen LogP contribution is -2.45. The Morgan fingerprint density at radius 1 is 1.33 bits per heavy atom. The van der Waals surface area contributed by atoms with Crippen LogP contribution in [0.4, 0.5) is 0 Å². The average molecular weight is 354 g/mol. The van der Waals surface area contributed by atoms with Gasteiger partial charge in [-0.1, -0.05) is 34.1 Å². The first kappa shape index (κ1) is 16.5. The Kier molecular flexibility index (Phi) is 6.21. The van der Waals surface area contributed by atoms with Crippen molar-refractivity contribution in [1.82, 2.24) is 15.1 Å². The van der Waals surface area contributed by atoms with Gasteiger partial charge in [0.05, 0.1) is 6.54 Å². The Bertz CT molecular complexity index is 470. The number of hydrogen-bond donors (Lipinski definition) is 1. The summed E-state index contributed by atoms with van der Waals surface area (Å²) in [5.41, 5.74) is 1.29. The van der Waals surface area contributed by atoms with Gasteiger partial charge in [-0.3, -0.25) is 9.69 Å². The minimum Gasteiger partial charge on any atom is -0.348 e. The molecule has 116 valence electrons. The highest BCUT2D eigenvalue weighted by Crippen LogP contribution is 2.17. The molecule has 1 aliphatic rings. The van der Waals surface area contributed by atoms with Crippen LogP contribution in [0.25, 0.3) is 0 Å². The molecule has 1 fully saturated rings. The van der Waals surface area contributed by atoms with Crippen LogP contribution in [0.5, 0.6) is 0 Å². The third-order valence-electron chi connectivity index (χ3n) is 3.98. The van der Waals surface area contributed by atoms with E-state index in [1.807, 2.05) is 20.2 Å². The summed E-state index contributed by atoms with van der Waals surface area (Å²) in [7, 11) is 3.63. The SMILES string of the molecule is CN(C)C(=O)CN1CCC(NCc2ccccc2Br)CC1. The number of hydrogen-bond acceptors (Lipinski definition) is 3. The minimum atomic E-state index is 0.189. The van der Waals surface area contributed by atoms with Crippen LogP contribution >= 0.6 is 15.9 Å². The van der Waals surface area contributed by atoms with Crippen molar-refractivity contribution in [3.63, 3.8) is 0 Å². The van der Waals surface area contributed by atoms with Crippen molar-refractivity contribution < 1.29 is 4.79 Å². The zero-order chi connectivity index (χ0) is 15.2. The van der Waals surface area contributed by atoms with Crippen molar-refractivity contribution in [2.45, 2.75) is 25.4 Å². The predicted molar refractivity (Wildman–Crippen MR) is 89.1 cm³/mol. The predicted octanol–water partition coefficient (Wildman–Crippen LogP) is 2.09. The third kappa shape index (κ3) is 5.09. The molecule has 21 heavy (non-hydrogen) atoms. The second kappa shape index (κ2) is 7.92. The molecule has 1 aromatic carbocycles. The van der Waals surface area contributed by atoms with Gasteiger partial charge in [0.1, 0.15) is 0 Å². The third-order valence-corrected chi connectivity index (χ3v) is 4.76. The molecule has 5 heteroatoms. The maximum absolute atomic E-state index is 11.7. The van der Waals surface area contributed by atoms with Gasteiger partial charge in [-0.25, -0.2) is 0 Å². The molecule has 0 spiro atoms. The molecule has 1 aromatic rings. The molecule has 1 saturated heterocycles. The summed E-state index contributed by atoms with van der Waals surface area (Å²) >= 11 is 3.58. The standard InChI is InChI=1S/C16H24BrN3O/c1-19(2)16(21)12-20-9-7-14(8-10-20)18-11-13-5-3-4-6-15(13)17/h3-6,14,18H,7-12H2,1-2H3. The summed E-state index contributed by atoms with van der Waals surface area (Å²) in [6.07, 6.45) is 2.20. The molecule has 1 heterocycles. The lowest BCUT2D eigenvalue weighted by molar-refractivity contribution is -0.130. The summed E-state index contributed by atoms with van der Waals surface area (Å²) in [6, 6.07) is 8.86. The van der Waals surface area contributed by atoms with Gasteiger partial charge in [-0.2, -0.15) is 0 Å². The summed E-state index contributed by atoms with van der Waals surface area (Å²) in [5, 5.41) is 3.62. The number of nitrogens with zero attached hydrogens (tertiary/aromatic N) is 2. The number of amides is 1. The fraction of sp³-hybridized carbons (Fsp3) is 0.562. The van der Waals surface area contributed by atoms with Crippen molar-refractivity contribution in [3.8, 4) is 0 Å². The molecule has 0 aromatic heterocycles. The number of benzene rings is 1. The fourth-order valence-electron chi connectivity index (χ4n) is 2.52. The van der Waals surface area contributed by atoms with Gasteiger partial charge in [0.2, 0.25) is 5.91 Å². The second-order valence-electron chi connectivity index (χ2n) is 5.81. The Morgan fingerprint density at radius 2 is 2.00 bits per heavy atom. The monoisotopic (exact) mass is 353 g/mol.